The van der Waals surface area contributed by atoms with Crippen molar-refractivity contribution in [2.75, 3.05) is 6.67 Å². The fourth-order valence-electron chi connectivity index (χ4n) is 4.12. The largest absolute Gasteiger partial charge is 0.783 e. The zero-order valence-electron chi connectivity index (χ0n) is 16.7. The second-order valence-corrected chi connectivity index (χ2v) is 8.44. The van der Waals surface area contributed by atoms with Crippen LogP contribution in [-0.4, -0.2) is 45.7 Å². The van der Waals surface area contributed by atoms with Crippen LogP contribution in [0.4, 0.5) is 0 Å². The van der Waals surface area contributed by atoms with Crippen LogP contribution in [0.2, 0.25) is 5.02 Å². The Hall–Kier alpha value is -2.15. The number of hydroxylamine groups is 2. The molecule has 6 nitrogen and oxygen atoms in total. The second-order valence-electron chi connectivity index (χ2n) is 8.00. The van der Waals surface area contributed by atoms with Gasteiger partial charge in [0.2, 0.25) is 5.91 Å². The van der Waals surface area contributed by atoms with Crippen LogP contribution in [0.3, 0.4) is 0 Å². The molecule has 1 aliphatic heterocycles. The molecule has 0 aromatic heterocycles. The average molecular weight is 418 g/mol. The predicted octanol–water partition coefficient (Wildman–Crippen LogP) is 4.00. The van der Waals surface area contributed by atoms with Gasteiger partial charge in [0.25, 0.3) is 0 Å². The van der Waals surface area contributed by atoms with Crippen LogP contribution >= 0.6 is 11.6 Å². The highest BCUT2D eigenvalue weighted by Crippen LogP contribution is 2.43. The normalized spacial score (nSPS) is 25.0. The summed E-state index contributed by atoms with van der Waals surface area (Å²) in [6, 6.07) is 5.88. The van der Waals surface area contributed by atoms with E-state index in [2.05, 4.69) is 0 Å². The Morgan fingerprint density at radius 2 is 2.10 bits per heavy atom. The highest BCUT2D eigenvalue weighted by atomic mass is 35.5. The Labute approximate surface area is 176 Å². The third-order valence-electron chi connectivity index (χ3n) is 6.05. The van der Waals surface area contributed by atoms with Gasteiger partial charge in [0, 0.05) is 11.1 Å². The highest BCUT2D eigenvalue weighted by Gasteiger charge is 2.60. The summed E-state index contributed by atoms with van der Waals surface area (Å²) in [7, 11) is 0. The van der Waals surface area contributed by atoms with E-state index in [1.807, 2.05) is 30.4 Å². The van der Waals surface area contributed by atoms with Gasteiger partial charge in [-0.05, 0) is 57.2 Å². The number of rotatable bonds is 8. The number of carboxylic acid groups (broad SMARTS) is 1. The number of likely N-dealkylation sites (tertiary alicyclic amines) is 1. The Morgan fingerprint density at radius 3 is 2.69 bits per heavy atom. The summed E-state index contributed by atoms with van der Waals surface area (Å²) in [6.07, 6.45) is 8.52. The maximum absolute atomic E-state index is 12.9. The van der Waals surface area contributed by atoms with Crippen LogP contribution in [0.5, 0.6) is 0 Å². The summed E-state index contributed by atoms with van der Waals surface area (Å²) < 4.78 is 0. The number of amides is 1. The molecule has 1 aromatic carbocycles. The van der Waals surface area contributed by atoms with Gasteiger partial charge in [-0.25, -0.2) is 4.79 Å². The maximum Gasteiger partial charge on any atom is 0.327 e. The third kappa shape index (κ3) is 4.39. The van der Waals surface area contributed by atoms with Crippen molar-refractivity contribution in [1.29, 1.82) is 0 Å². The van der Waals surface area contributed by atoms with Gasteiger partial charge in [-0.2, -0.15) is 0 Å². The topological polar surface area (TPSA) is 83.9 Å². The van der Waals surface area contributed by atoms with Crippen molar-refractivity contribution < 1.29 is 14.7 Å². The quantitative estimate of drug-likeness (QED) is 0.510. The number of hydrogen-bond acceptors (Lipinski definition) is 4. The average Bonchev–Trinajstić information content (AvgIpc) is 2.72. The molecule has 29 heavy (non-hydrogen) atoms. The van der Waals surface area contributed by atoms with Crippen molar-refractivity contribution in [1.82, 2.24) is 9.96 Å². The van der Waals surface area contributed by atoms with E-state index in [1.54, 1.807) is 26.0 Å². The number of carbonyl (C=O) groups excluding carboxylic acids is 1. The summed E-state index contributed by atoms with van der Waals surface area (Å²) in [5.74, 6) is -1.37. The lowest BCUT2D eigenvalue weighted by molar-refractivity contribution is -0.187. The molecule has 3 atom stereocenters. The maximum atomic E-state index is 12.9. The van der Waals surface area contributed by atoms with Crippen LogP contribution in [0.25, 0.3) is 0 Å². The van der Waals surface area contributed by atoms with Gasteiger partial charge in [-0.1, -0.05) is 47.5 Å². The van der Waals surface area contributed by atoms with E-state index in [-0.39, 0.29) is 12.6 Å². The van der Waals surface area contributed by atoms with E-state index in [9.17, 15) is 19.9 Å². The molecule has 0 radical (unpaired) electrons. The number of β-lactam (4-membered cyclic amide) rings is 1. The minimum absolute atomic E-state index is 0.242. The molecule has 1 aliphatic carbocycles. The first-order chi connectivity index (χ1) is 13.7. The molecular weight excluding hydrogens is 392 g/mol. The SMILES string of the molecule is C[C@H](C1=CC=CCC1)N([O-])CN1C(=O)[C@](C)(CCc2ccc(Cl)cc2)[C@H]1C(=O)O. The number of hydrogen-bond donors (Lipinski definition) is 1. The Balaban J connectivity index is 1.66. The van der Waals surface area contributed by atoms with E-state index < -0.39 is 23.5 Å². The smallest absolute Gasteiger partial charge is 0.327 e. The Bertz CT molecular complexity index is 836. The molecule has 0 unspecified atom stereocenters. The van der Waals surface area contributed by atoms with Crippen molar-refractivity contribution in [3.05, 3.63) is 63.9 Å². The van der Waals surface area contributed by atoms with Crippen LogP contribution in [-0.2, 0) is 16.0 Å². The molecule has 1 fully saturated rings. The van der Waals surface area contributed by atoms with Gasteiger partial charge in [-0.15, -0.1) is 0 Å². The van der Waals surface area contributed by atoms with E-state index >= 15 is 0 Å². The standard InChI is InChI=1S/C22H26ClN2O4/c1-15(17-6-4-3-5-7-17)25(29)14-24-19(20(26)27)22(2,21(24)28)13-12-16-8-10-18(23)11-9-16/h3-4,6,8-11,15,19H,5,7,12-14H2,1-2H3,(H,26,27)/q-1/t15-,19-,22-/m1/s1. The number of allylic oxidation sites excluding steroid dienone is 3. The lowest BCUT2D eigenvalue weighted by atomic mass is 9.68. The molecule has 0 spiro atoms. The number of carbonyl (C=O) groups is 2. The molecule has 1 amide bonds. The zero-order valence-corrected chi connectivity index (χ0v) is 17.4. The zero-order chi connectivity index (χ0) is 21.2. The van der Waals surface area contributed by atoms with E-state index in [0.29, 0.717) is 17.9 Å². The molecule has 1 N–H and O–H groups in total. The highest BCUT2D eigenvalue weighted by molar-refractivity contribution is 6.30. The van der Waals surface area contributed by atoms with Crippen molar-refractivity contribution >= 4 is 23.5 Å². The number of benzene rings is 1. The van der Waals surface area contributed by atoms with E-state index in [4.69, 9.17) is 11.6 Å². The van der Waals surface area contributed by atoms with Gasteiger partial charge in [0.15, 0.2) is 0 Å². The van der Waals surface area contributed by atoms with Crippen molar-refractivity contribution in [3.63, 3.8) is 0 Å². The molecule has 1 aromatic rings. The molecule has 3 rings (SSSR count). The first-order valence-electron chi connectivity index (χ1n) is 9.81. The molecule has 2 aliphatic rings. The van der Waals surface area contributed by atoms with Crippen LogP contribution in [0.15, 0.2) is 48.1 Å². The second kappa shape index (κ2) is 8.69. The number of aryl methyl sites for hydroxylation is 1. The fourth-order valence-corrected chi connectivity index (χ4v) is 4.24. The number of nitrogens with zero attached hydrogens (tertiary/aromatic N) is 2. The van der Waals surface area contributed by atoms with Gasteiger partial charge < -0.3 is 20.3 Å². The van der Waals surface area contributed by atoms with Crippen LogP contribution in [0, 0.1) is 10.6 Å². The molecule has 156 valence electrons. The lowest BCUT2D eigenvalue weighted by Crippen LogP contribution is -2.72. The van der Waals surface area contributed by atoms with Crippen LogP contribution in [0.1, 0.15) is 38.7 Å². The third-order valence-corrected chi connectivity index (χ3v) is 6.30. The number of aliphatic carboxylic acids is 1. The van der Waals surface area contributed by atoms with Gasteiger partial charge in [0.1, 0.15) is 6.04 Å². The minimum atomic E-state index is -1.08. The lowest BCUT2D eigenvalue weighted by Gasteiger charge is -2.55. The minimum Gasteiger partial charge on any atom is -0.783 e. The van der Waals surface area contributed by atoms with Crippen molar-refractivity contribution in [2.24, 2.45) is 5.41 Å². The summed E-state index contributed by atoms with van der Waals surface area (Å²) in [4.78, 5) is 26.0. The molecular formula is C22H26ClN2O4-. The number of halogens is 1. The molecule has 1 heterocycles. The van der Waals surface area contributed by atoms with E-state index in [1.165, 1.54) is 4.90 Å². The Kier molecular flexibility index (Phi) is 6.46. The first kappa shape index (κ1) is 21.6. The Morgan fingerprint density at radius 1 is 1.41 bits per heavy atom. The molecule has 0 bridgehead atoms. The first-order valence-corrected chi connectivity index (χ1v) is 10.2. The molecule has 7 heteroatoms. The summed E-state index contributed by atoms with van der Waals surface area (Å²) in [5, 5.41) is 23.8. The van der Waals surface area contributed by atoms with Gasteiger partial charge in [-0.3, -0.25) is 4.79 Å². The summed E-state index contributed by atoms with van der Waals surface area (Å²) in [5.41, 5.74) is 0.956. The fraction of sp³-hybridized carbons (Fsp3) is 0.455. The summed E-state index contributed by atoms with van der Waals surface area (Å²) >= 11 is 5.90. The van der Waals surface area contributed by atoms with Gasteiger partial charge in [0.05, 0.1) is 12.1 Å². The van der Waals surface area contributed by atoms with Crippen molar-refractivity contribution in [3.8, 4) is 0 Å². The van der Waals surface area contributed by atoms with Gasteiger partial charge >= 0.3 is 5.97 Å². The molecule has 0 saturated carbocycles. The predicted molar refractivity (Wildman–Crippen MR) is 112 cm³/mol. The van der Waals surface area contributed by atoms with Crippen LogP contribution < -0.4 is 0 Å². The molecule has 1 saturated heterocycles. The van der Waals surface area contributed by atoms with E-state index in [0.717, 1.165) is 29.0 Å². The monoisotopic (exact) mass is 417 g/mol. The number of carboxylic acids is 1. The van der Waals surface area contributed by atoms with Crippen molar-refractivity contribution in [2.45, 2.75) is 51.6 Å². The summed E-state index contributed by atoms with van der Waals surface area (Å²) in [6.45, 7) is 3.22.